The minimum absolute atomic E-state index is 0.0700. The van der Waals surface area contributed by atoms with Gasteiger partial charge >= 0.3 is 5.97 Å². The second-order valence-electron chi connectivity index (χ2n) is 5.58. The van der Waals surface area contributed by atoms with Gasteiger partial charge in [0.15, 0.2) is 5.79 Å². The summed E-state index contributed by atoms with van der Waals surface area (Å²) in [5, 5.41) is 0. The molecule has 2 rings (SSSR count). The van der Waals surface area contributed by atoms with Gasteiger partial charge in [0, 0.05) is 5.92 Å². The van der Waals surface area contributed by atoms with Gasteiger partial charge < -0.3 is 14.2 Å². The molecular formula is C17H22O4. The standard InChI is InChI=1S/C17H22O4/c1-17(2)20-12-15(21-17)14(11-16(18)19-3)10-9-13-7-5-4-6-8-13/h4-10,14-15H,11-12H2,1-3H3/b10-9+/t14-,15+/m0/s1. The third-order valence-corrected chi connectivity index (χ3v) is 3.47. The SMILES string of the molecule is COC(=O)C[C@H](/C=C/c1ccccc1)[C@H]1COC(C)(C)O1. The molecule has 1 aromatic rings. The van der Waals surface area contributed by atoms with Gasteiger partial charge in [-0.05, 0) is 19.4 Å². The summed E-state index contributed by atoms with van der Waals surface area (Å²) >= 11 is 0. The van der Waals surface area contributed by atoms with Crippen LogP contribution in [0.5, 0.6) is 0 Å². The normalized spacial score (nSPS) is 22.3. The monoisotopic (exact) mass is 290 g/mol. The highest BCUT2D eigenvalue weighted by molar-refractivity contribution is 5.70. The summed E-state index contributed by atoms with van der Waals surface area (Å²) in [7, 11) is 1.40. The maximum absolute atomic E-state index is 11.6. The molecule has 2 atom stereocenters. The van der Waals surface area contributed by atoms with Crippen LogP contribution >= 0.6 is 0 Å². The summed E-state index contributed by atoms with van der Waals surface area (Å²) in [6, 6.07) is 9.96. The average molecular weight is 290 g/mol. The zero-order valence-electron chi connectivity index (χ0n) is 12.7. The molecule has 21 heavy (non-hydrogen) atoms. The lowest BCUT2D eigenvalue weighted by molar-refractivity contribution is -0.150. The number of hydrogen-bond donors (Lipinski definition) is 0. The highest BCUT2D eigenvalue weighted by atomic mass is 16.7. The Labute approximate surface area is 125 Å². The van der Waals surface area contributed by atoms with Gasteiger partial charge in [0.25, 0.3) is 0 Å². The molecule has 4 heteroatoms. The number of methoxy groups -OCH3 is 1. The van der Waals surface area contributed by atoms with Gasteiger partial charge in [0.1, 0.15) is 0 Å². The minimum atomic E-state index is -0.598. The van der Waals surface area contributed by atoms with Gasteiger partial charge in [-0.1, -0.05) is 42.5 Å². The van der Waals surface area contributed by atoms with E-state index in [4.69, 9.17) is 14.2 Å². The highest BCUT2D eigenvalue weighted by Gasteiger charge is 2.37. The first-order valence-electron chi connectivity index (χ1n) is 7.12. The maximum atomic E-state index is 11.6. The van der Waals surface area contributed by atoms with Crippen molar-refractivity contribution in [2.24, 2.45) is 5.92 Å². The van der Waals surface area contributed by atoms with Crippen molar-refractivity contribution in [3.05, 3.63) is 42.0 Å². The number of ether oxygens (including phenoxy) is 3. The largest absolute Gasteiger partial charge is 0.469 e. The van der Waals surface area contributed by atoms with Crippen molar-refractivity contribution in [1.82, 2.24) is 0 Å². The molecule has 0 spiro atoms. The number of carbonyl (C=O) groups excluding carboxylic acids is 1. The van der Waals surface area contributed by atoms with E-state index in [1.807, 2.05) is 56.3 Å². The van der Waals surface area contributed by atoms with Gasteiger partial charge in [0.2, 0.25) is 0 Å². The lowest BCUT2D eigenvalue weighted by Gasteiger charge is -2.21. The Bertz CT molecular complexity index is 493. The van der Waals surface area contributed by atoms with Crippen molar-refractivity contribution in [1.29, 1.82) is 0 Å². The maximum Gasteiger partial charge on any atom is 0.306 e. The van der Waals surface area contributed by atoms with E-state index in [-0.39, 0.29) is 24.4 Å². The Kier molecular flexibility index (Phi) is 5.15. The number of benzene rings is 1. The predicted octanol–water partition coefficient (Wildman–Crippen LogP) is 3.03. The molecule has 0 amide bonds. The third-order valence-electron chi connectivity index (χ3n) is 3.47. The van der Waals surface area contributed by atoms with Crippen LogP contribution in [-0.2, 0) is 19.0 Å². The predicted molar refractivity (Wildman–Crippen MR) is 80.5 cm³/mol. The Balaban J connectivity index is 2.09. The fourth-order valence-corrected chi connectivity index (χ4v) is 2.32. The van der Waals surface area contributed by atoms with E-state index in [0.717, 1.165) is 5.56 Å². The fraction of sp³-hybridized carbons (Fsp3) is 0.471. The lowest BCUT2D eigenvalue weighted by atomic mass is 9.97. The van der Waals surface area contributed by atoms with Gasteiger partial charge in [0.05, 0.1) is 26.2 Å². The third kappa shape index (κ3) is 4.69. The number of rotatable bonds is 5. The second kappa shape index (κ2) is 6.87. The van der Waals surface area contributed by atoms with E-state index >= 15 is 0 Å². The summed E-state index contributed by atoms with van der Waals surface area (Å²) in [6.45, 7) is 4.24. The van der Waals surface area contributed by atoms with E-state index < -0.39 is 5.79 Å². The van der Waals surface area contributed by atoms with E-state index in [9.17, 15) is 4.79 Å². The number of hydrogen-bond acceptors (Lipinski definition) is 4. The first kappa shape index (κ1) is 15.7. The lowest BCUT2D eigenvalue weighted by Crippen LogP contribution is -2.27. The molecule has 114 valence electrons. The zero-order valence-corrected chi connectivity index (χ0v) is 12.7. The molecular weight excluding hydrogens is 268 g/mol. The van der Waals surface area contributed by atoms with E-state index in [1.54, 1.807) is 0 Å². The summed E-state index contributed by atoms with van der Waals surface area (Å²) in [5.74, 6) is -0.912. The number of esters is 1. The van der Waals surface area contributed by atoms with Crippen molar-refractivity contribution in [2.75, 3.05) is 13.7 Å². The van der Waals surface area contributed by atoms with Crippen molar-refractivity contribution < 1.29 is 19.0 Å². The van der Waals surface area contributed by atoms with E-state index in [2.05, 4.69) is 0 Å². The molecule has 0 unspecified atom stereocenters. The molecule has 1 aromatic carbocycles. The van der Waals surface area contributed by atoms with Crippen LogP contribution in [-0.4, -0.2) is 31.6 Å². The van der Waals surface area contributed by atoms with Gasteiger partial charge in [-0.2, -0.15) is 0 Å². The first-order valence-corrected chi connectivity index (χ1v) is 7.12. The Morgan fingerprint density at radius 2 is 2.14 bits per heavy atom. The summed E-state index contributed by atoms with van der Waals surface area (Å²) < 4.78 is 16.2. The smallest absolute Gasteiger partial charge is 0.306 e. The quantitative estimate of drug-likeness (QED) is 0.782. The fourth-order valence-electron chi connectivity index (χ4n) is 2.32. The van der Waals surface area contributed by atoms with Crippen molar-refractivity contribution in [3.63, 3.8) is 0 Å². The van der Waals surface area contributed by atoms with Crippen LogP contribution in [0.1, 0.15) is 25.8 Å². The van der Waals surface area contributed by atoms with Crippen LogP contribution in [0.15, 0.2) is 36.4 Å². The summed E-state index contributed by atoms with van der Waals surface area (Å²) in [4.78, 5) is 11.6. The number of carbonyl (C=O) groups is 1. The van der Waals surface area contributed by atoms with Crippen LogP contribution in [0, 0.1) is 5.92 Å². The molecule has 1 heterocycles. The molecule has 0 aromatic heterocycles. The summed E-state index contributed by atoms with van der Waals surface area (Å²) in [6.07, 6.45) is 4.15. The first-order chi connectivity index (χ1) is 10.00. The van der Waals surface area contributed by atoms with Crippen molar-refractivity contribution >= 4 is 12.0 Å². The molecule has 1 fully saturated rings. The van der Waals surface area contributed by atoms with Crippen molar-refractivity contribution in [3.8, 4) is 0 Å². The van der Waals surface area contributed by atoms with Crippen LogP contribution in [0.4, 0.5) is 0 Å². The van der Waals surface area contributed by atoms with Gasteiger partial charge in [-0.25, -0.2) is 0 Å². The van der Waals surface area contributed by atoms with Crippen molar-refractivity contribution in [2.45, 2.75) is 32.2 Å². The molecule has 0 N–H and O–H groups in total. The van der Waals surface area contributed by atoms with Crippen LogP contribution in [0.25, 0.3) is 6.08 Å². The molecule has 1 aliphatic heterocycles. The van der Waals surface area contributed by atoms with Crippen LogP contribution < -0.4 is 0 Å². The molecule has 0 bridgehead atoms. The molecule has 1 saturated heterocycles. The average Bonchev–Trinajstić information content (AvgIpc) is 2.84. The second-order valence-corrected chi connectivity index (χ2v) is 5.58. The molecule has 1 aliphatic rings. The Morgan fingerprint density at radius 1 is 1.43 bits per heavy atom. The molecule has 4 nitrogen and oxygen atoms in total. The molecule has 0 saturated carbocycles. The van der Waals surface area contributed by atoms with Crippen LogP contribution in [0.3, 0.4) is 0 Å². The molecule has 0 aliphatic carbocycles. The van der Waals surface area contributed by atoms with E-state index in [0.29, 0.717) is 6.61 Å². The topological polar surface area (TPSA) is 44.8 Å². The molecule has 0 radical (unpaired) electrons. The Morgan fingerprint density at radius 3 is 2.71 bits per heavy atom. The van der Waals surface area contributed by atoms with Gasteiger partial charge in [-0.15, -0.1) is 0 Å². The van der Waals surface area contributed by atoms with E-state index in [1.165, 1.54) is 7.11 Å². The minimum Gasteiger partial charge on any atom is -0.469 e. The Hall–Kier alpha value is -1.65. The highest BCUT2D eigenvalue weighted by Crippen LogP contribution is 2.29. The zero-order chi connectivity index (χ0) is 15.3. The van der Waals surface area contributed by atoms with Gasteiger partial charge in [-0.3, -0.25) is 4.79 Å². The van der Waals surface area contributed by atoms with Crippen LogP contribution in [0.2, 0.25) is 0 Å². The summed E-state index contributed by atoms with van der Waals surface area (Å²) in [5.41, 5.74) is 1.09.